The van der Waals surface area contributed by atoms with Crippen molar-refractivity contribution in [3.63, 3.8) is 0 Å². The zero-order valence-corrected chi connectivity index (χ0v) is 7.07. The number of carbonyl (C=O) groups is 2. The van der Waals surface area contributed by atoms with E-state index < -0.39 is 17.6 Å². The lowest BCUT2D eigenvalue weighted by Crippen LogP contribution is -2.41. The summed E-state index contributed by atoms with van der Waals surface area (Å²) in [5.41, 5.74) is -1.10. The first-order valence-corrected chi connectivity index (χ1v) is 3.51. The van der Waals surface area contributed by atoms with Crippen molar-refractivity contribution in [2.24, 2.45) is 0 Å². The molecule has 1 atom stereocenters. The number of nitrogens with one attached hydrogen (secondary N) is 1. The van der Waals surface area contributed by atoms with Crippen molar-refractivity contribution in [3.8, 4) is 0 Å². The van der Waals surface area contributed by atoms with Gasteiger partial charge in [-0.15, -0.1) is 0 Å². The molecule has 0 heterocycles. The molecule has 1 unspecified atom stereocenters. The van der Waals surface area contributed by atoms with Crippen molar-refractivity contribution >= 4 is 12.4 Å². The van der Waals surface area contributed by atoms with Gasteiger partial charge in [0.2, 0.25) is 6.41 Å². The van der Waals surface area contributed by atoms with E-state index in [9.17, 15) is 14.7 Å². The lowest BCUT2D eigenvalue weighted by Gasteiger charge is -2.21. The number of hydrogen-bond acceptors (Lipinski definition) is 3. The van der Waals surface area contributed by atoms with Gasteiger partial charge in [-0.2, -0.15) is 0 Å². The molecule has 70 valence electrons. The molecule has 0 radical (unpaired) electrons. The molecule has 5 heteroatoms. The smallest absolute Gasteiger partial charge is 0.326 e. The quantitative estimate of drug-likeness (QED) is 0.484. The highest BCUT2D eigenvalue weighted by Crippen LogP contribution is 2.10. The highest BCUT2D eigenvalue weighted by molar-refractivity contribution is 5.76. The van der Waals surface area contributed by atoms with E-state index in [0.717, 1.165) is 0 Å². The van der Waals surface area contributed by atoms with E-state index >= 15 is 0 Å². The summed E-state index contributed by atoms with van der Waals surface area (Å²) in [5, 5.41) is 19.9. The normalized spacial score (nSPS) is 13.6. The molecular formula is C7H13NO4. The molecule has 0 saturated heterocycles. The zero-order valence-electron chi connectivity index (χ0n) is 7.07. The molecule has 0 fully saturated rings. The molecule has 0 rings (SSSR count). The average Bonchev–Trinajstić information content (AvgIpc) is 1.83. The van der Waals surface area contributed by atoms with E-state index in [4.69, 9.17) is 5.11 Å². The van der Waals surface area contributed by atoms with Crippen LogP contribution < -0.4 is 5.32 Å². The summed E-state index contributed by atoms with van der Waals surface area (Å²) in [5.74, 6) is -1.15. The van der Waals surface area contributed by atoms with Gasteiger partial charge in [0, 0.05) is 6.42 Å². The topological polar surface area (TPSA) is 86.6 Å². The molecule has 5 nitrogen and oxygen atoms in total. The molecule has 3 N–H and O–H groups in total. The number of carboxylic acids is 1. The molecule has 12 heavy (non-hydrogen) atoms. The monoisotopic (exact) mass is 175 g/mol. The van der Waals surface area contributed by atoms with Crippen LogP contribution >= 0.6 is 0 Å². The van der Waals surface area contributed by atoms with Crippen LogP contribution in [0.1, 0.15) is 20.3 Å². The van der Waals surface area contributed by atoms with Crippen LogP contribution in [0.5, 0.6) is 0 Å². The Kier molecular flexibility index (Phi) is 3.69. The Hall–Kier alpha value is -1.10. The van der Waals surface area contributed by atoms with Crippen LogP contribution in [0, 0.1) is 0 Å². The number of rotatable bonds is 5. The fraction of sp³-hybridized carbons (Fsp3) is 0.714. The van der Waals surface area contributed by atoms with Crippen molar-refractivity contribution in [3.05, 3.63) is 0 Å². The van der Waals surface area contributed by atoms with Gasteiger partial charge < -0.3 is 15.5 Å². The van der Waals surface area contributed by atoms with Crippen LogP contribution in [0.3, 0.4) is 0 Å². The standard InChI is InChI=1S/C7H13NO4/c1-7(2,12)3-5(6(10)11)8-4-9/h4-5,12H,3H2,1-2H3,(H,8,9)(H,10,11). The molecule has 0 saturated carbocycles. The van der Waals surface area contributed by atoms with Gasteiger partial charge in [-0.1, -0.05) is 0 Å². The third-order valence-corrected chi connectivity index (χ3v) is 1.27. The Morgan fingerprint density at radius 1 is 1.67 bits per heavy atom. The Balaban J connectivity index is 4.13. The molecule has 0 bridgehead atoms. The van der Waals surface area contributed by atoms with Crippen molar-refractivity contribution < 1.29 is 19.8 Å². The van der Waals surface area contributed by atoms with Crippen molar-refractivity contribution in [2.75, 3.05) is 0 Å². The third kappa shape index (κ3) is 4.68. The van der Waals surface area contributed by atoms with Crippen molar-refractivity contribution in [1.82, 2.24) is 5.32 Å². The highest BCUT2D eigenvalue weighted by atomic mass is 16.4. The van der Waals surface area contributed by atoms with E-state index in [1.54, 1.807) is 0 Å². The number of aliphatic carboxylic acids is 1. The summed E-state index contributed by atoms with van der Waals surface area (Å²) >= 11 is 0. The fourth-order valence-corrected chi connectivity index (χ4v) is 0.799. The van der Waals surface area contributed by atoms with Crippen molar-refractivity contribution in [1.29, 1.82) is 0 Å². The predicted octanol–water partition coefficient (Wildman–Crippen LogP) is -0.653. The van der Waals surface area contributed by atoms with Crippen LogP contribution in [0.4, 0.5) is 0 Å². The minimum absolute atomic E-state index is 0.0128. The molecule has 0 spiro atoms. The van der Waals surface area contributed by atoms with Gasteiger partial charge in [-0.05, 0) is 13.8 Å². The van der Waals surface area contributed by atoms with Gasteiger partial charge in [-0.3, -0.25) is 4.79 Å². The van der Waals surface area contributed by atoms with Crippen LogP contribution in [-0.4, -0.2) is 34.2 Å². The van der Waals surface area contributed by atoms with Crippen LogP contribution in [0.2, 0.25) is 0 Å². The molecule has 0 aliphatic heterocycles. The molecule has 1 amide bonds. The molecule has 0 aromatic rings. The Morgan fingerprint density at radius 3 is 2.42 bits per heavy atom. The summed E-state index contributed by atoms with van der Waals surface area (Å²) in [4.78, 5) is 20.4. The first-order chi connectivity index (χ1) is 5.37. The highest BCUT2D eigenvalue weighted by Gasteiger charge is 2.24. The largest absolute Gasteiger partial charge is 0.480 e. The van der Waals surface area contributed by atoms with Gasteiger partial charge in [0.15, 0.2) is 0 Å². The number of carbonyl (C=O) groups excluding carboxylic acids is 1. The summed E-state index contributed by atoms with van der Waals surface area (Å²) in [7, 11) is 0. The lowest BCUT2D eigenvalue weighted by atomic mass is 9.99. The lowest BCUT2D eigenvalue weighted by molar-refractivity contribution is -0.142. The first-order valence-electron chi connectivity index (χ1n) is 3.51. The maximum Gasteiger partial charge on any atom is 0.326 e. The molecule has 0 aliphatic rings. The second-order valence-electron chi connectivity index (χ2n) is 3.19. The van der Waals surface area contributed by atoms with Gasteiger partial charge >= 0.3 is 5.97 Å². The van der Waals surface area contributed by atoms with Gasteiger partial charge in [0.1, 0.15) is 6.04 Å². The maximum atomic E-state index is 10.4. The summed E-state index contributed by atoms with van der Waals surface area (Å²) in [6.07, 6.45) is 0.297. The van der Waals surface area contributed by atoms with Crippen LogP contribution in [0.15, 0.2) is 0 Å². The third-order valence-electron chi connectivity index (χ3n) is 1.27. The number of carboxylic acid groups (broad SMARTS) is 1. The van der Waals surface area contributed by atoms with Gasteiger partial charge in [-0.25, -0.2) is 4.79 Å². The fourth-order valence-electron chi connectivity index (χ4n) is 0.799. The van der Waals surface area contributed by atoms with E-state index in [1.165, 1.54) is 13.8 Å². The van der Waals surface area contributed by atoms with E-state index in [1.807, 2.05) is 0 Å². The maximum absolute atomic E-state index is 10.4. The SMILES string of the molecule is CC(C)(O)CC(NC=O)C(=O)O. The van der Waals surface area contributed by atoms with Crippen LogP contribution in [0.25, 0.3) is 0 Å². The minimum atomic E-state index is -1.15. The Bertz CT molecular complexity index is 173. The molecule has 0 aromatic heterocycles. The number of amides is 1. The van der Waals surface area contributed by atoms with Crippen LogP contribution in [-0.2, 0) is 9.59 Å². The molecular weight excluding hydrogens is 162 g/mol. The second kappa shape index (κ2) is 4.06. The first kappa shape index (κ1) is 10.9. The van der Waals surface area contributed by atoms with Gasteiger partial charge in [0.25, 0.3) is 0 Å². The molecule has 0 aliphatic carbocycles. The average molecular weight is 175 g/mol. The van der Waals surface area contributed by atoms with Crippen molar-refractivity contribution in [2.45, 2.75) is 31.9 Å². The Morgan fingerprint density at radius 2 is 2.17 bits per heavy atom. The minimum Gasteiger partial charge on any atom is -0.480 e. The summed E-state index contributed by atoms with van der Waals surface area (Å²) < 4.78 is 0. The van der Waals surface area contributed by atoms with E-state index in [-0.39, 0.29) is 6.42 Å². The van der Waals surface area contributed by atoms with E-state index in [0.29, 0.717) is 6.41 Å². The van der Waals surface area contributed by atoms with E-state index in [2.05, 4.69) is 5.32 Å². The second-order valence-corrected chi connectivity index (χ2v) is 3.19. The summed E-state index contributed by atoms with van der Waals surface area (Å²) in [6.45, 7) is 2.96. The predicted molar refractivity (Wildman–Crippen MR) is 41.5 cm³/mol. The zero-order chi connectivity index (χ0) is 9.78. The number of hydrogen-bond donors (Lipinski definition) is 3. The van der Waals surface area contributed by atoms with Gasteiger partial charge in [0.05, 0.1) is 5.60 Å². The summed E-state index contributed by atoms with van der Waals surface area (Å²) in [6, 6.07) is -1.03. The molecule has 0 aromatic carbocycles. The Labute approximate surface area is 70.4 Å². The number of aliphatic hydroxyl groups is 1.